The highest BCUT2D eigenvalue weighted by atomic mass is 16.2. The molecule has 1 aliphatic heterocycles. The topological polar surface area (TPSA) is 86.8 Å². The van der Waals surface area contributed by atoms with Gasteiger partial charge in [0.25, 0.3) is 0 Å². The molecule has 5 rings (SSSR count). The molecular formula is C18H25N3O4. The fourth-order valence-corrected chi connectivity index (χ4v) is 5.86. The molecule has 4 bridgehead atoms. The van der Waals surface area contributed by atoms with Crippen molar-refractivity contribution in [2.24, 2.45) is 17.8 Å². The molecule has 7 nitrogen and oxygen atoms in total. The van der Waals surface area contributed by atoms with Crippen LogP contribution in [0.5, 0.6) is 0 Å². The van der Waals surface area contributed by atoms with Crippen LogP contribution in [0.15, 0.2) is 0 Å². The molecule has 0 unspecified atom stereocenters. The van der Waals surface area contributed by atoms with Crippen LogP contribution < -0.4 is 5.32 Å². The normalized spacial score (nSPS) is 36.8. The average molecular weight is 347 g/mol. The van der Waals surface area contributed by atoms with E-state index in [0.717, 1.165) is 29.1 Å². The van der Waals surface area contributed by atoms with E-state index in [9.17, 15) is 19.2 Å². The second kappa shape index (κ2) is 5.54. The molecule has 5 aliphatic rings. The van der Waals surface area contributed by atoms with Crippen molar-refractivity contribution in [3.8, 4) is 0 Å². The van der Waals surface area contributed by atoms with Crippen LogP contribution in [-0.4, -0.2) is 51.7 Å². The van der Waals surface area contributed by atoms with Gasteiger partial charge in [-0.3, -0.25) is 19.3 Å². The number of rotatable bonds is 4. The summed E-state index contributed by atoms with van der Waals surface area (Å²) < 4.78 is 0. The number of nitrogens with zero attached hydrogens (tertiary/aromatic N) is 2. The molecule has 0 aromatic rings. The number of urea groups is 1. The molecular weight excluding hydrogens is 322 g/mol. The third-order valence-electron chi connectivity index (χ3n) is 6.34. The fraction of sp³-hybridized carbons (Fsp3) is 0.778. The van der Waals surface area contributed by atoms with Crippen molar-refractivity contribution in [3.05, 3.63) is 0 Å². The molecule has 1 N–H and O–H groups in total. The summed E-state index contributed by atoms with van der Waals surface area (Å²) in [6, 6.07) is -1.09. The van der Waals surface area contributed by atoms with Gasteiger partial charge in [-0.25, -0.2) is 9.69 Å². The number of amides is 5. The van der Waals surface area contributed by atoms with Crippen LogP contribution >= 0.6 is 0 Å². The third-order valence-corrected chi connectivity index (χ3v) is 6.34. The molecule has 1 heterocycles. The van der Waals surface area contributed by atoms with E-state index in [0.29, 0.717) is 17.8 Å². The van der Waals surface area contributed by atoms with Crippen molar-refractivity contribution in [1.82, 2.24) is 15.1 Å². The molecule has 4 saturated carbocycles. The molecule has 0 spiro atoms. The number of nitrogens with one attached hydrogen (secondary N) is 1. The Kier molecular flexibility index (Phi) is 3.67. The van der Waals surface area contributed by atoms with Crippen LogP contribution in [0, 0.1) is 17.8 Å². The molecule has 0 radical (unpaired) electrons. The van der Waals surface area contributed by atoms with Crippen molar-refractivity contribution >= 4 is 23.8 Å². The number of hydrogen-bond donors (Lipinski definition) is 1. The number of imide groups is 2. The molecule has 0 atom stereocenters. The Labute approximate surface area is 147 Å². The zero-order valence-corrected chi connectivity index (χ0v) is 14.8. The molecule has 1 saturated heterocycles. The van der Waals surface area contributed by atoms with Gasteiger partial charge < -0.3 is 5.32 Å². The molecule has 0 aromatic heterocycles. The second-order valence-corrected chi connectivity index (χ2v) is 8.69. The lowest BCUT2D eigenvalue weighted by Gasteiger charge is -2.56. The summed E-state index contributed by atoms with van der Waals surface area (Å²) in [5, 5.41) is 3.14. The second-order valence-electron chi connectivity index (χ2n) is 8.69. The summed E-state index contributed by atoms with van der Waals surface area (Å²) >= 11 is 0. The predicted octanol–water partition coefficient (Wildman–Crippen LogP) is 1.27. The Bertz CT molecular complexity index is 621. The van der Waals surface area contributed by atoms with Crippen molar-refractivity contribution in [2.45, 2.75) is 64.0 Å². The first kappa shape index (κ1) is 16.5. The molecule has 0 aromatic carbocycles. The van der Waals surface area contributed by atoms with Crippen molar-refractivity contribution in [1.29, 1.82) is 0 Å². The lowest BCUT2D eigenvalue weighted by Crippen LogP contribution is -2.61. The van der Waals surface area contributed by atoms with E-state index in [1.165, 1.54) is 19.3 Å². The Hall–Kier alpha value is -1.92. The van der Waals surface area contributed by atoms with Gasteiger partial charge in [0.2, 0.25) is 5.91 Å². The Morgan fingerprint density at radius 3 is 2.00 bits per heavy atom. The Balaban J connectivity index is 1.44. The van der Waals surface area contributed by atoms with Crippen molar-refractivity contribution in [2.75, 3.05) is 6.54 Å². The first-order valence-electron chi connectivity index (χ1n) is 9.28. The minimum atomic E-state index is -0.903. The maximum absolute atomic E-state index is 12.6. The molecule has 4 aliphatic carbocycles. The summed E-state index contributed by atoms with van der Waals surface area (Å²) in [7, 11) is 0. The molecule has 25 heavy (non-hydrogen) atoms. The maximum atomic E-state index is 12.6. The number of carbonyl (C=O) groups is 4. The lowest BCUT2D eigenvalue weighted by atomic mass is 9.53. The fourth-order valence-electron chi connectivity index (χ4n) is 5.86. The zero-order chi connectivity index (χ0) is 17.9. The molecule has 136 valence electrons. The van der Waals surface area contributed by atoms with Crippen LogP contribution in [0.4, 0.5) is 4.79 Å². The van der Waals surface area contributed by atoms with Gasteiger partial charge >= 0.3 is 17.8 Å². The van der Waals surface area contributed by atoms with E-state index >= 15 is 0 Å². The van der Waals surface area contributed by atoms with Crippen molar-refractivity contribution < 1.29 is 19.2 Å². The Morgan fingerprint density at radius 2 is 1.56 bits per heavy atom. The standard InChI is InChI=1S/C18H25N3O4/c1-10(2)21-16(24)15(23)20(17(21)25)9-14(22)19-18-6-11-3-12(7-18)5-13(4-11)8-18/h10-13H,3-9H2,1-2H3,(H,19,22). The SMILES string of the molecule is CC(C)N1C(=O)C(=O)N(CC(=O)NC23CC4CC(CC(C4)C2)C3)C1=O. The number of carbonyl (C=O) groups excluding carboxylic acids is 4. The number of hydrogen-bond acceptors (Lipinski definition) is 4. The van der Waals surface area contributed by atoms with Crippen LogP contribution in [0.3, 0.4) is 0 Å². The quantitative estimate of drug-likeness (QED) is 0.613. The smallest absolute Gasteiger partial charge is 0.334 e. The zero-order valence-electron chi connectivity index (χ0n) is 14.8. The molecule has 5 fully saturated rings. The first-order chi connectivity index (χ1) is 11.8. The van der Waals surface area contributed by atoms with Gasteiger partial charge in [-0.05, 0) is 70.1 Å². The summed E-state index contributed by atoms with van der Waals surface area (Å²) in [6.45, 7) is 2.97. The van der Waals surface area contributed by atoms with Crippen LogP contribution in [0.25, 0.3) is 0 Å². The highest BCUT2D eigenvalue weighted by Crippen LogP contribution is 2.55. The van der Waals surface area contributed by atoms with Gasteiger partial charge in [-0.2, -0.15) is 0 Å². The summed E-state index contributed by atoms with van der Waals surface area (Å²) in [6.07, 6.45) is 6.83. The van der Waals surface area contributed by atoms with E-state index in [-0.39, 0.29) is 18.0 Å². The highest BCUT2D eigenvalue weighted by molar-refractivity contribution is 6.45. The van der Waals surface area contributed by atoms with Crippen LogP contribution in [-0.2, 0) is 14.4 Å². The van der Waals surface area contributed by atoms with Gasteiger partial charge in [0.15, 0.2) is 0 Å². The summed E-state index contributed by atoms with van der Waals surface area (Å²) in [5.74, 6) is 0.00264. The molecule has 7 heteroatoms. The van der Waals surface area contributed by atoms with Gasteiger partial charge in [0.1, 0.15) is 6.54 Å². The average Bonchev–Trinajstić information content (AvgIpc) is 2.69. The predicted molar refractivity (Wildman–Crippen MR) is 88.1 cm³/mol. The summed E-state index contributed by atoms with van der Waals surface area (Å²) in [4.78, 5) is 50.6. The van der Waals surface area contributed by atoms with E-state index < -0.39 is 23.9 Å². The maximum Gasteiger partial charge on any atom is 0.334 e. The van der Waals surface area contributed by atoms with E-state index in [1.54, 1.807) is 13.8 Å². The largest absolute Gasteiger partial charge is 0.349 e. The van der Waals surface area contributed by atoms with Gasteiger partial charge in [0, 0.05) is 11.6 Å². The third kappa shape index (κ3) is 2.64. The monoisotopic (exact) mass is 347 g/mol. The van der Waals surface area contributed by atoms with Gasteiger partial charge in [-0.15, -0.1) is 0 Å². The van der Waals surface area contributed by atoms with Crippen LogP contribution in [0.2, 0.25) is 0 Å². The minimum Gasteiger partial charge on any atom is -0.349 e. The van der Waals surface area contributed by atoms with E-state index in [1.807, 2.05) is 0 Å². The minimum absolute atomic E-state index is 0.167. The van der Waals surface area contributed by atoms with Crippen molar-refractivity contribution in [3.63, 3.8) is 0 Å². The van der Waals surface area contributed by atoms with Gasteiger partial charge in [-0.1, -0.05) is 0 Å². The van der Waals surface area contributed by atoms with Gasteiger partial charge in [0.05, 0.1) is 0 Å². The van der Waals surface area contributed by atoms with E-state index in [2.05, 4.69) is 5.32 Å². The Morgan fingerprint density at radius 1 is 1.04 bits per heavy atom. The first-order valence-corrected chi connectivity index (χ1v) is 9.28. The highest BCUT2D eigenvalue weighted by Gasteiger charge is 2.52. The van der Waals surface area contributed by atoms with E-state index in [4.69, 9.17) is 0 Å². The van der Waals surface area contributed by atoms with Crippen LogP contribution in [0.1, 0.15) is 52.4 Å². The molecule has 5 amide bonds. The lowest BCUT2D eigenvalue weighted by molar-refractivity contribution is -0.144. The summed E-state index contributed by atoms with van der Waals surface area (Å²) in [5.41, 5.74) is -0.167.